The molecule has 0 heterocycles. The van der Waals surface area contributed by atoms with Crippen LogP contribution < -0.4 is 0 Å². The molecule has 2 aromatic rings. The van der Waals surface area contributed by atoms with Gasteiger partial charge in [0.25, 0.3) is 0 Å². The van der Waals surface area contributed by atoms with E-state index in [2.05, 4.69) is 38.1 Å². The molecule has 1 aliphatic carbocycles. The lowest BCUT2D eigenvalue weighted by Gasteiger charge is -2.22. The van der Waals surface area contributed by atoms with E-state index in [1.54, 1.807) is 4.31 Å². The van der Waals surface area contributed by atoms with Crippen LogP contribution in [0.5, 0.6) is 0 Å². The lowest BCUT2D eigenvalue weighted by atomic mass is 10.0. The molecule has 128 valence electrons. The summed E-state index contributed by atoms with van der Waals surface area (Å²) in [5.74, 6) is 0.564. The van der Waals surface area contributed by atoms with E-state index in [0.29, 0.717) is 12.5 Å². The van der Waals surface area contributed by atoms with Crippen molar-refractivity contribution in [3.05, 3.63) is 71.3 Å². The largest absolute Gasteiger partial charge is 0.218 e. The van der Waals surface area contributed by atoms with Gasteiger partial charge in [0.1, 0.15) is 0 Å². The molecule has 1 fully saturated rings. The zero-order valence-electron chi connectivity index (χ0n) is 14.4. The molecule has 0 bridgehead atoms. The molecule has 1 saturated carbocycles. The molecule has 3 rings (SSSR count). The first-order valence-electron chi connectivity index (χ1n) is 8.58. The van der Waals surface area contributed by atoms with Crippen LogP contribution in [0.4, 0.5) is 0 Å². The van der Waals surface area contributed by atoms with E-state index in [1.807, 2.05) is 30.3 Å². The lowest BCUT2D eigenvalue weighted by Crippen LogP contribution is -2.33. The Labute approximate surface area is 145 Å². The predicted octanol–water partition coefficient (Wildman–Crippen LogP) is 4.30. The maximum absolute atomic E-state index is 12.9. The summed E-state index contributed by atoms with van der Waals surface area (Å²) in [5.41, 5.74) is 3.19. The maximum atomic E-state index is 12.9. The van der Waals surface area contributed by atoms with Crippen molar-refractivity contribution in [1.29, 1.82) is 0 Å². The van der Waals surface area contributed by atoms with E-state index < -0.39 is 10.0 Å². The molecule has 0 aromatic heterocycles. The maximum Gasteiger partial charge on any atom is 0.218 e. The molecule has 0 radical (unpaired) electrons. The fourth-order valence-corrected chi connectivity index (χ4v) is 4.66. The quantitative estimate of drug-likeness (QED) is 0.751. The monoisotopic (exact) mass is 343 g/mol. The Balaban J connectivity index is 1.77. The van der Waals surface area contributed by atoms with Crippen molar-refractivity contribution in [1.82, 2.24) is 4.31 Å². The van der Waals surface area contributed by atoms with Crippen LogP contribution in [-0.4, -0.2) is 18.8 Å². The third kappa shape index (κ3) is 4.25. The average molecular weight is 343 g/mol. The molecule has 0 saturated heterocycles. The molecule has 0 spiro atoms. The van der Waals surface area contributed by atoms with Gasteiger partial charge in [0.05, 0.1) is 5.75 Å². The van der Waals surface area contributed by atoms with Gasteiger partial charge in [0.15, 0.2) is 0 Å². The topological polar surface area (TPSA) is 37.4 Å². The van der Waals surface area contributed by atoms with Crippen LogP contribution in [0.25, 0.3) is 0 Å². The first-order chi connectivity index (χ1) is 11.5. The van der Waals surface area contributed by atoms with E-state index in [9.17, 15) is 8.42 Å². The van der Waals surface area contributed by atoms with Gasteiger partial charge in [-0.1, -0.05) is 68.4 Å². The van der Waals surface area contributed by atoms with E-state index in [4.69, 9.17) is 0 Å². The molecule has 0 atom stereocenters. The highest BCUT2D eigenvalue weighted by Gasteiger charge is 2.37. The Morgan fingerprint density at radius 2 is 1.58 bits per heavy atom. The lowest BCUT2D eigenvalue weighted by molar-refractivity contribution is 0.398. The van der Waals surface area contributed by atoms with Crippen molar-refractivity contribution in [2.75, 3.05) is 0 Å². The third-order valence-corrected chi connectivity index (χ3v) is 6.33. The number of rotatable bonds is 7. The summed E-state index contributed by atoms with van der Waals surface area (Å²) in [4.78, 5) is 0. The average Bonchev–Trinajstić information content (AvgIpc) is 3.38. The zero-order valence-corrected chi connectivity index (χ0v) is 15.2. The Hall–Kier alpha value is -1.65. The van der Waals surface area contributed by atoms with Gasteiger partial charge >= 0.3 is 0 Å². The highest BCUT2D eigenvalue weighted by Crippen LogP contribution is 2.32. The second kappa shape index (κ2) is 7.08. The molecule has 2 aromatic carbocycles. The number of hydrogen-bond donors (Lipinski definition) is 0. The Morgan fingerprint density at radius 1 is 0.958 bits per heavy atom. The zero-order chi connectivity index (χ0) is 17.2. The van der Waals surface area contributed by atoms with E-state index in [1.165, 1.54) is 5.56 Å². The van der Waals surface area contributed by atoms with Crippen LogP contribution in [0.1, 0.15) is 49.3 Å². The molecule has 1 aliphatic rings. The molecule has 4 heteroatoms. The van der Waals surface area contributed by atoms with Crippen LogP contribution in [-0.2, 0) is 22.3 Å². The minimum Gasteiger partial charge on any atom is -0.212 e. The van der Waals surface area contributed by atoms with Gasteiger partial charge in [0, 0.05) is 12.6 Å². The van der Waals surface area contributed by atoms with Gasteiger partial charge in [-0.25, -0.2) is 8.42 Å². The van der Waals surface area contributed by atoms with E-state index in [0.717, 1.165) is 24.0 Å². The van der Waals surface area contributed by atoms with E-state index >= 15 is 0 Å². The van der Waals surface area contributed by atoms with Crippen molar-refractivity contribution in [3.8, 4) is 0 Å². The SMILES string of the molecule is CC(C)c1ccc(CN(C2CC2)S(=O)(=O)Cc2ccccc2)cc1. The molecule has 3 nitrogen and oxygen atoms in total. The van der Waals surface area contributed by atoms with Gasteiger partial charge in [-0.05, 0) is 35.4 Å². The van der Waals surface area contributed by atoms with Gasteiger partial charge < -0.3 is 0 Å². The summed E-state index contributed by atoms with van der Waals surface area (Å²) in [7, 11) is -3.30. The minimum absolute atomic E-state index is 0.0778. The van der Waals surface area contributed by atoms with Gasteiger partial charge in [-0.3, -0.25) is 0 Å². The fraction of sp³-hybridized carbons (Fsp3) is 0.400. The molecule has 24 heavy (non-hydrogen) atoms. The highest BCUT2D eigenvalue weighted by molar-refractivity contribution is 7.88. The highest BCUT2D eigenvalue weighted by atomic mass is 32.2. The molecule has 0 unspecified atom stereocenters. The van der Waals surface area contributed by atoms with Crippen molar-refractivity contribution >= 4 is 10.0 Å². The summed E-state index contributed by atoms with van der Waals surface area (Å²) >= 11 is 0. The van der Waals surface area contributed by atoms with Gasteiger partial charge in [-0.15, -0.1) is 0 Å². The number of hydrogen-bond acceptors (Lipinski definition) is 2. The van der Waals surface area contributed by atoms with Crippen LogP contribution in [0.3, 0.4) is 0 Å². The molecular weight excluding hydrogens is 318 g/mol. The Kier molecular flexibility index (Phi) is 5.07. The smallest absolute Gasteiger partial charge is 0.212 e. The molecule has 0 aliphatic heterocycles. The summed E-state index contributed by atoms with van der Waals surface area (Å²) < 4.78 is 27.5. The fourth-order valence-electron chi connectivity index (χ4n) is 2.87. The van der Waals surface area contributed by atoms with Crippen molar-refractivity contribution in [3.63, 3.8) is 0 Å². The van der Waals surface area contributed by atoms with Crippen LogP contribution in [0, 0.1) is 0 Å². The van der Waals surface area contributed by atoms with Crippen LogP contribution in [0.15, 0.2) is 54.6 Å². The minimum atomic E-state index is -3.30. The second-order valence-electron chi connectivity index (χ2n) is 6.91. The Morgan fingerprint density at radius 3 is 2.12 bits per heavy atom. The van der Waals surface area contributed by atoms with Crippen molar-refractivity contribution in [2.45, 2.75) is 50.9 Å². The first-order valence-corrected chi connectivity index (χ1v) is 10.2. The van der Waals surface area contributed by atoms with E-state index in [-0.39, 0.29) is 11.8 Å². The standard InChI is InChI=1S/C20H25NO2S/c1-16(2)19-10-8-17(9-11-19)14-21(20-12-13-20)24(22,23)15-18-6-4-3-5-7-18/h3-11,16,20H,12-15H2,1-2H3. The van der Waals surface area contributed by atoms with Crippen molar-refractivity contribution < 1.29 is 8.42 Å². The van der Waals surface area contributed by atoms with Crippen LogP contribution in [0.2, 0.25) is 0 Å². The van der Waals surface area contributed by atoms with Gasteiger partial charge in [0.2, 0.25) is 10.0 Å². The number of nitrogens with zero attached hydrogens (tertiary/aromatic N) is 1. The second-order valence-corrected chi connectivity index (χ2v) is 8.84. The molecule has 0 amide bonds. The predicted molar refractivity (Wildman–Crippen MR) is 98.2 cm³/mol. The third-order valence-electron chi connectivity index (χ3n) is 4.49. The normalized spacial score (nSPS) is 15.2. The summed E-state index contributed by atoms with van der Waals surface area (Å²) in [6.45, 7) is 4.80. The number of benzene rings is 2. The molecular formula is C20H25NO2S. The molecule has 0 N–H and O–H groups in total. The van der Waals surface area contributed by atoms with Gasteiger partial charge in [-0.2, -0.15) is 4.31 Å². The summed E-state index contributed by atoms with van der Waals surface area (Å²) in [5, 5.41) is 0. The van der Waals surface area contributed by atoms with Crippen LogP contribution >= 0.6 is 0 Å². The summed E-state index contributed by atoms with van der Waals surface area (Å²) in [6, 6.07) is 17.9. The summed E-state index contributed by atoms with van der Waals surface area (Å²) in [6.07, 6.45) is 1.94. The number of sulfonamides is 1. The Bertz CT molecular complexity index is 763. The first kappa shape index (κ1) is 17.2. The van der Waals surface area contributed by atoms with Crippen molar-refractivity contribution in [2.24, 2.45) is 0 Å².